The lowest BCUT2D eigenvalue weighted by Gasteiger charge is -2.12. The van der Waals surface area contributed by atoms with Crippen LogP contribution in [-0.4, -0.2) is 24.8 Å². The summed E-state index contributed by atoms with van der Waals surface area (Å²) in [7, 11) is 0. The highest BCUT2D eigenvalue weighted by molar-refractivity contribution is 5.79. The van der Waals surface area contributed by atoms with Crippen molar-refractivity contribution < 1.29 is 9.18 Å². The Hall–Kier alpha value is -4.01. The second kappa shape index (κ2) is 9.23. The first-order chi connectivity index (χ1) is 15.9. The third kappa shape index (κ3) is 4.77. The number of aromatic nitrogens is 4. The lowest BCUT2D eigenvalue weighted by Crippen LogP contribution is -2.42. The predicted molar refractivity (Wildman–Crippen MR) is 122 cm³/mol. The molecule has 1 amide bonds. The minimum absolute atomic E-state index is 0.0735. The van der Waals surface area contributed by atoms with Gasteiger partial charge in [-0.15, -0.1) is 0 Å². The molecule has 0 saturated carbocycles. The molecular formula is C24H24FN5O3. The Morgan fingerprint density at radius 1 is 1.00 bits per heavy atom. The lowest BCUT2D eigenvalue weighted by atomic mass is 10.1. The van der Waals surface area contributed by atoms with E-state index in [1.807, 2.05) is 38.1 Å². The third-order valence-electron chi connectivity index (χ3n) is 5.43. The molecule has 0 fully saturated rings. The van der Waals surface area contributed by atoms with Gasteiger partial charge >= 0.3 is 5.69 Å². The average Bonchev–Trinajstić information content (AvgIpc) is 3.25. The molecule has 2 aromatic heterocycles. The summed E-state index contributed by atoms with van der Waals surface area (Å²) in [5, 5.41) is 7.05. The highest BCUT2D eigenvalue weighted by atomic mass is 19.1. The largest absolute Gasteiger partial charge is 0.350 e. The monoisotopic (exact) mass is 449 g/mol. The summed E-state index contributed by atoms with van der Waals surface area (Å²) >= 11 is 0. The summed E-state index contributed by atoms with van der Waals surface area (Å²) in [5.41, 5.74) is 1.95. The molecule has 0 aliphatic rings. The molecule has 33 heavy (non-hydrogen) atoms. The number of hydrogen-bond acceptors (Lipinski definition) is 4. The van der Waals surface area contributed by atoms with Crippen LogP contribution in [0.5, 0.6) is 0 Å². The van der Waals surface area contributed by atoms with Crippen LogP contribution in [0.25, 0.3) is 11.0 Å². The van der Waals surface area contributed by atoms with E-state index >= 15 is 0 Å². The Bertz CT molecular complexity index is 1420. The quantitative estimate of drug-likeness (QED) is 0.468. The smallest absolute Gasteiger partial charge is 0.332 e. The first kappa shape index (κ1) is 22.2. The van der Waals surface area contributed by atoms with Crippen molar-refractivity contribution in [3.05, 3.63) is 98.1 Å². The van der Waals surface area contributed by atoms with E-state index in [4.69, 9.17) is 0 Å². The molecule has 0 saturated heterocycles. The normalized spacial score (nSPS) is 11.1. The zero-order chi connectivity index (χ0) is 23.5. The summed E-state index contributed by atoms with van der Waals surface area (Å²) < 4.78 is 17.0. The number of aryl methyl sites for hydroxylation is 2. The van der Waals surface area contributed by atoms with Crippen molar-refractivity contribution in [1.82, 2.24) is 24.2 Å². The fourth-order valence-electron chi connectivity index (χ4n) is 3.56. The molecule has 0 spiro atoms. The summed E-state index contributed by atoms with van der Waals surface area (Å²) in [6, 6.07) is 13.3. The fourth-order valence-corrected chi connectivity index (χ4v) is 3.56. The molecule has 4 rings (SSSR count). The van der Waals surface area contributed by atoms with Gasteiger partial charge in [-0.3, -0.25) is 23.4 Å². The predicted octanol–water partition coefficient (Wildman–Crippen LogP) is 2.19. The van der Waals surface area contributed by atoms with E-state index in [1.165, 1.54) is 16.7 Å². The maximum absolute atomic E-state index is 13.3. The first-order valence-electron chi connectivity index (χ1n) is 10.6. The van der Waals surface area contributed by atoms with Crippen LogP contribution in [0, 0.1) is 12.7 Å². The van der Waals surface area contributed by atoms with Gasteiger partial charge in [0, 0.05) is 19.3 Å². The van der Waals surface area contributed by atoms with Crippen molar-refractivity contribution in [2.45, 2.75) is 40.0 Å². The second-order valence-corrected chi connectivity index (χ2v) is 7.87. The highest BCUT2D eigenvalue weighted by Crippen LogP contribution is 2.09. The summed E-state index contributed by atoms with van der Waals surface area (Å²) in [5.74, 6) is -0.768. The van der Waals surface area contributed by atoms with Crippen molar-refractivity contribution in [3.63, 3.8) is 0 Å². The van der Waals surface area contributed by atoms with Crippen LogP contribution in [0.1, 0.15) is 23.6 Å². The molecule has 0 unspecified atom stereocenters. The van der Waals surface area contributed by atoms with Crippen LogP contribution in [0.4, 0.5) is 4.39 Å². The van der Waals surface area contributed by atoms with E-state index in [0.717, 1.165) is 21.3 Å². The molecule has 2 aromatic carbocycles. The number of halogens is 1. The Kier molecular flexibility index (Phi) is 6.21. The number of benzene rings is 2. The van der Waals surface area contributed by atoms with Crippen molar-refractivity contribution in [2.75, 3.05) is 0 Å². The third-order valence-corrected chi connectivity index (χ3v) is 5.43. The number of carbonyl (C=O) groups is 1. The molecular weight excluding hydrogens is 425 g/mol. The van der Waals surface area contributed by atoms with E-state index in [-0.39, 0.29) is 31.0 Å². The van der Waals surface area contributed by atoms with Crippen LogP contribution in [0.2, 0.25) is 0 Å². The lowest BCUT2D eigenvalue weighted by molar-refractivity contribution is -0.121. The van der Waals surface area contributed by atoms with Crippen molar-refractivity contribution in [3.8, 4) is 0 Å². The molecule has 8 nitrogen and oxygen atoms in total. The minimum atomic E-state index is -0.583. The van der Waals surface area contributed by atoms with E-state index in [1.54, 1.807) is 23.0 Å². The molecule has 0 atom stereocenters. The topological polar surface area (TPSA) is 90.9 Å². The van der Waals surface area contributed by atoms with E-state index in [2.05, 4.69) is 10.4 Å². The Morgan fingerprint density at radius 3 is 2.33 bits per heavy atom. The van der Waals surface area contributed by atoms with Gasteiger partial charge in [-0.05, 0) is 37.1 Å². The van der Waals surface area contributed by atoms with Gasteiger partial charge in [0.15, 0.2) is 5.52 Å². The standard InChI is InChI=1S/C24H24FN5O3/c1-3-28-14-20-22(27-28)23(32)30(13-18-6-4-16(2)5-7-18)24(33)29(20)15-21(31)26-12-17-8-10-19(25)11-9-17/h4-11,14H,3,12-13,15H2,1-2H3,(H,26,31). The van der Waals surface area contributed by atoms with E-state index in [9.17, 15) is 18.8 Å². The van der Waals surface area contributed by atoms with Crippen LogP contribution < -0.4 is 16.6 Å². The van der Waals surface area contributed by atoms with Gasteiger partial charge in [0.25, 0.3) is 5.56 Å². The zero-order valence-electron chi connectivity index (χ0n) is 18.4. The molecule has 2 heterocycles. The van der Waals surface area contributed by atoms with Crippen molar-refractivity contribution in [2.24, 2.45) is 0 Å². The van der Waals surface area contributed by atoms with Crippen molar-refractivity contribution in [1.29, 1.82) is 0 Å². The van der Waals surface area contributed by atoms with Gasteiger partial charge in [-0.2, -0.15) is 5.10 Å². The van der Waals surface area contributed by atoms with Gasteiger partial charge in [0.1, 0.15) is 12.4 Å². The Labute approximate surface area is 188 Å². The van der Waals surface area contributed by atoms with Gasteiger partial charge in [-0.1, -0.05) is 42.0 Å². The van der Waals surface area contributed by atoms with Gasteiger partial charge in [0.05, 0.1) is 12.1 Å². The number of nitrogens with zero attached hydrogens (tertiary/aromatic N) is 4. The number of fused-ring (bicyclic) bond motifs is 1. The van der Waals surface area contributed by atoms with Gasteiger partial charge in [0.2, 0.25) is 5.91 Å². The molecule has 0 aliphatic carbocycles. The Morgan fingerprint density at radius 2 is 1.67 bits per heavy atom. The molecule has 0 radical (unpaired) electrons. The number of nitrogens with one attached hydrogen (secondary N) is 1. The van der Waals surface area contributed by atoms with Gasteiger partial charge < -0.3 is 5.32 Å². The van der Waals surface area contributed by atoms with Crippen LogP contribution in [0.3, 0.4) is 0 Å². The number of hydrogen-bond donors (Lipinski definition) is 1. The molecule has 170 valence electrons. The fraction of sp³-hybridized carbons (Fsp3) is 0.250. The maximum Gasteiger partial charge on any atom is 0.332 e. The van der Waals surface area contributed by atoms with Crippen LogP contribution in [-0.2, 0) is 31.0 Å². The van der Waals surface area contributed by atoms with Crippen molar-refractivity contribution >= 4 is 16.9 Å². The molecule has 1 N–H and O–H groups in total. The van der Waals surface area contributed by atoms with E-state index < -0.39 is 17.2 Å². The summed E-state index contributed by atoms with van der Waals surface area (Å²) in [4.78, 5) is 39.0. The first-order valence-corrected chi connectivity index (χ1v) is 10.6. The Balaban J connectivity index is 1.68. The highest BCUT2D eigenvalue weighted by Gasteiger charge is 2.18. The molecule has 4 aromatic rings. The minimum Gasteiger partial charge on any atom is -0.350 e. The average molecular weight is 449 g/mol. The molecule has 0 aliphatic heterocycles. The van der Waals surface area contributed by atoms with Crippen LogP contribution >= 0.6 is 0 Å². The maximum atomic E-state index is 13.3. The second-order valence-electron chi connectivity index (χ2n) is 7.87. The van der Waals surface area contributed by atoms with Crippen LogP contribution in [0.15, 0.2) is 64.3 Å². The SMILES string of the molecule is CCn1cc2c(n1)c(=O)n(Cc1ccc(C)cc1)c(=O)n2CC(=O)NCc1ccc(F)cc1. The number of carbonyl (C=O) groups excluding carboxylic acids is 1. The molecule has 9 heteroatoms. The summed E-state index contributed by atoms with van der Waals surface area (Å²) in [6.45, 7) is 4.32. The number of amides is 1. The molecule has 0 bridgehead atoms. The number of rotatable bonds is 7. The zero-order valence-corrected chi connectivity index (χ0v) is 18.4. The van der Waals surface area contributed by atoms with Gasteiger partial charge in [-0.25, -0.2) is 9.18 Å². The van der Waals surface area contributed by atoms with E-state index in [0.29, 0.717) is 12.1 Å². The summed E-state index contributed by atoms with van der Waals surface area (Å²) in [6.07, 6.45) is 1.60.